The second-order valence-electron chi connectivity index (χ2n) is 6.91. The standard InChI is InChI=1S/C21H31N3O5/c1-6-29-21(26)19-17(14-24(9-11-27-4)10-12-28-5)20(25)16-13-15(23(2)3)7-8-18(16)22-19/h7-8,13H,6,9-12,14H2,1-5H3,(H,22,25). The summed E-state index contributed by atoms with van der Waals surface area (Å²) in [5.74, 6) is -0.531. The summed E-state index contributed by atoms with van der Waals surface area (Å²) in [5, 5.41) is 0.540. The van der Waals surface area contributed by atoms with Crippen LogP contribution in [0.15, 0.2) is 23.0 Å². The van der Waals surface area contributed by atoms with Crippen molar-refractivity contribution in [3.05, 3.63) is 39.7 Å². The molecule has 0 aliphatic carbocycles. The summed E-state index contributed by atoms with van der Waals surface area (Å²) in [7, 11) is 7.09. The molecule has 0 atom stereocenters. The molecule has 0 radical (unpaired) electrons. The Kier molecular flexibility index (Phi) is 8.63. The van der Waals surface area contributed by atoms with Crippen molar-refractivity contribution in [3.63, 3.8) is 0 Å². The fourth-order valence-electron chi connectivity index (χ4n) is 3.06. The van der Waals surface area contributed by atoms with E-state index in [9.17, 15) is 9.59 Å². The molecule has 0 saturated carbocycles. The van der Waals surface area contributed by atoms with E-state index in [1.54, 1.807) is 21.1 Å². The predicted molar refractivity (Wildman–Crippen MR) is 114 cm³/mol. The summed E-state index contributed by atoms with van der Waals surface area (Å²) < 4.78 is 15.6. The molecule has 0 fully saturated rings. The zero-order valence-corrected chi connectivity index (χ0v) is 17.9. The monoisotopic (exact) mass is 405 g/mol. The van der Waals surface area contributed by atoms with Crippen LogP contribution in [-0.2, 0) is 20.8 Å². The highest BCUT2D eigenvalue weighted by Crippen LogP contribution is 2.20. The van der Waals surface area contributed by atoms with Gasteiger partial charge in [0.2, 0.25) is 0 Å². The Balaban J connectivity index is 2.57. The molecule has 1 aromatic carbocycles. The fourth-order valence-corrected chi connectivity index (χ4v) is 3.06. The van der Waals surface area contributed by atoms with Crippen molar-refractivity contribution in [2.75, 3.05) is 66.1 Å². The first-order chi connectivity index (χ1) is 13.9. The number of hydrogen-bond donors (Lipinski definition) is 1. The van der Waals surface area contributed by atoms with Crippen molar-refractivity contribution in [2.45, 2.75) is 13.5 Å². The van der Waals surface area contributed by atoms with Gasteiger partial charge >= 0.3 is 5.97 Å². The quantitative estimate of drug-likeness (QED) is 0.571. The van der Waals surface area contributed by atoms with Crippen LogP contribution in [0.3, 0.4) is 0 Å². The van der Waals surface area contributed by atoms with Gasteiger partial charge in [-0.05, 0) is 25.1 Å². The van der Waals surface area contributed by atoms with Gasteiger partial charge in [-0.25, -0.2) is 4.79 Å². The Labute approximate surface area is 171 Å². The van der Waals surface area contributed by atoms with Gasteiger partial charge in [-0.2, -0.15) is 0 Å². The molecule has 0 amide bonds. The number of benzene rings is 1. The van der Waals surface area contributed by atoms with Crippen LogP contribution in [0.2, 0.25) is 0 Å². The maximum absolute atomic E-state index is 13.4. The van der Waals surface area contributed by atoms with Gasteiger partial charge in [0, 0.05) is 64.6 Å². The van der Waals surface area contributed by atoms with E-state index in [0.29, 0.717) is 49.3 Å². The van der Waals surface area contributed by atoms with Crippen LogP contribution in [0.1, 0.15) is 23.0 Å². The Bertz CT molecular complexity index is 870. The van der Waals surface area contributed by atoms with Gasteiger partial charge in [-0.15, -0.1) is 0 Å². The Morgan fingerprint density at radius 1 is 1.10 bits per heavy atom. The molecule has 0 saturated heterocycles. The first-order valence-electron chi connectivity index (χ1n) is 9.66. The lowest BCUT2D eigenvalue weighted by molar-refractivity contribution is 0.0516. The number of rotatable bonds is 11. The number of aromatic nitrogens is 1. The number of hydrogen-bond acceptors (Lipinski definition) is 7. The second-order valence-corrected chi connectivity index (χ2v) is 6.91. The highest BCUT2D eigenvalue weighted by molar-refractivity contribution is 5.93. The van der Waals surface area contributed by atoms with Gasteiger partial charge in [0.1, 0.15) is 5.69 Å². The number of ether oxygens (including phenoxy) is 3. The lowest BCUT2D eigenvalue weighted by Crippen LogP contribution is -2.34. The molecule has 1 heterocycles. The minimum atomic E-state index is -0.531. The zero-order valence-electron chi connectivity index (χ0n) is 17.9. The summed E-state index contributed by atoms with van der Waals surface area (Å²) >= 11 is 0. The third kappa shape index (κ3) is 5.79. The molecule has 2 aromatic rings. The number of methoxy groups -OCH3 is 2. The molecule has 0 aliphatic heterocycles. The van der Waals surface area contributed by atoms with E-state index in [-0.39, 0.29) is 17.7 Å². The summed E-state index contributed by atoms with van der Waals surface area (Å²) in [4.78, 5) is 33.0. The predicted octanol–water partition coefficient (Wildman–Crippen LogP) is 1.87. The third-order valence-corrected chi connectivity index (χ3v) is 4.68. The molecule has 2 rings (SSSR count). The molecule has 160 valence electrons. The van der Waals surface area contributed by atoms with E-state index < -0.39 is 5.97 Å². The maximum atomic E-state index is 13.4. The number of fused-ring (bicyclic) bond motifs is 1. The molecule has 1 aromatic heterocycles. The largest absolute Gasteiger partial charge is 0.461 e. The lowest BCUT2D eigenvalue weighted by atomic mass is 10.1. The van der Waals surface area contributed by atoms with E-state index in [0.717, 1.165) is 5.69 Å². The highest BCUT2D eigenvalue weighted by atomic mass is 16.5. The van der Waals surface area contributed by atoms with Crippen molar-refractivity contribution in [1.29, 1.82) is 0 Å². The minimum absolute atomic E-state index is 0.176. The van der Waals surface area contributed by atoms with Gasteiger partial charge in [0.25, 0.3) is 0 Å². The van der Waals surface area contributed by atoms with E-state index >= 15 is 0 Å². The number of carbonyl (C=O) groups is 1. The second kappa shape index (κ2) is 10.9. The molecule has 8 heteroatoms. The molecule has 1 N–H and O–H groups in total. The van der Waals surface area contributed by atoms with E-state index in [1.807, 2.05) is 42.1 Å². The van der Waals surface area contributed by atoms with Gasteiger partial charge in [-0.1, -0.05) is 0 Å². The van der Waals surface area contributed by atoms with Crippen molar-refractivity contribution < 1.29 is 19.0 Å². The number of pyridine rings is 1. The summed E-state index contributed by atoms with van der Waals surface area (Å²) in [6.45, 7) is 4.50. The molecule has 8 nitrogen and oxygen atoms in total. The lowest BCUT2D eigenvalue weighted by Gasteiger charge is -2.23. The van der Waals surface area contributed by atoms with Crippen LogP contribution >= 0.6 is 0 Å². The SMILES string of the molecule is CCOC(=O)c1[nH]c2ccc(N(C)C)cc2c(=O)c1CN(CCOC)CCOC. The molecular weight excluding hydrogens is 374 g/mol. The van der Waals surface area contributed by atoms with Crippen LogP contribution in [-0.4, -0.2) is 77.1 Å². The molecule has 0 bridgehead atoms. The maximum Gasteiger partial charge on any atom is 0.355 e. The Morgan fingerprint density at radius 3 is 2.31 bits per heavy atom. The van der Waals surface area contributed by atoms with E-state index in [4.69, 9.17) is 14.2 Å². The van der Waals surface area contributed by atoms with Crippen molar-refractivity contribution >= 4 is 22.6 Å². The molecule has 0 spiro atoms. The van der Waals surface area contributed by atoms with Gasteiger partial charge < -0.3 is 24.1 Å². The highest BCUT2D eigenvalue weighted by Gasteiger charge is 2.21. The first kappa shape index (κ1) is 22.9. The zero-order chi connectivity index (χ0) is 21.4. The summed E-state index contributed by atoms with van der Waals surface area (Å²) in [6.07, 6.45) is 0. The summed E-state index contributed by atoms with van der Waals surface area (Å²) in [5.41, 5.74) is 1.92. The van der Waals surface area contributed by atoms with Gasteiger partial charge in [-0.3, -0.25) is 9.69 Å². The third-order valence-electron chi connectivity index (χ3n) is 4.68. The average molecular weight is 405 g/mol. The smallest absolute Gasteiger partial charge is 0.355 e. The van der Waals surface area contributed by atoms with Crippen LogP contribution in [0.25, 0.3) is 10.9 Å². The van der Waals surface area contributed by atoms with Gasteiger partial charge in [0.05, 0.1) is 25.3 Å². The molecule has 0 aliphatic rings. The molecular formula is C21H31N3O5. The molecule has 0 unspecified atom stereocenters. The topological polar surface area (TPSA) is 84.1 Å². The number of aromatic amines is 1. The summed E-state index contributed by atoms with van der Waals surface area (Å²) in [6, 6.07) is 5.55. The number of carbonyl (C=O) groups excluding carboxylic acids is 1. The number of nitrogens with one attached hydrogen (secondary N) is 1. The van der Waals surface area contributed by atoms with Crippen LogP contribution in [0.5, 0.6) is 0 Å². The van der Waals surface area contributed by atoms with Crippen LogP contribution < -0.4 is 10.3 Å². The van der Waals surface area contributed by atoms with Crippen molar-refractivity contribution in [2.24, 2.45) is 0 Å². The number of nitrogens with zero attached hydrogens (tertiary/aromatic N) is 2. The van der Waals surface area contributed by atoms with Crippen LogP contribution in [0, 0.1) is 0 Å². The minimum Gasteiger partial charge on any atom is -0.461 e. The van der Waals surface area contributed by atoms with Crippen molar-refractivity contribution in [1.82, 2.24) is 9.88 Å². The first-order valence-corrected chi connectivity index (χ1v) is 9.66. The number of esters is 1. The Hall–Kier alpha value is -2.42. The Morgan fingerprint density at radius 2 is 1.76 bits per heavy atom. The number of H-pyrrole nitrogens is 1. The average Bonchev–Trinajstić information content (AvgIpc) is 2.71. The fraction of sp³-hybridized carbons (Fsp3) is 0.524. The van der Waals surface area contributed by atoms with Gasteiger partial charge in [0.15, 0.2) is 5.43 Å². The van der Waals surface area contributed by atoms with E-state index in [1.165, 1.54) is 0 Å². The van der Waals surface area contributed by atoms with Crippen molar-refractivity contribution in [3.8, 4) is 0 Å². The number of anilines is 1. The van der Waals surface area contributed by atoms with Crippen LogP contribution in [0.4, 0.5) is 5.69 Å². The normalized spacial score (nSPS) is 11.2. The molecule has 29 heavy (non-hydrogen) atoms. The van der Waals surface area contributed by atoms with E-state index in [2.05, 4.69) is 4.98 Å².